The first-order valence-corrected chi connectivity index (χ1v) is 8.81. The Hall–Kier alpha value is 0.130. The molecule has 0 aliphatic heterocycles. The zero-order chi connectivity index (χ0) is 13.8. The maximum absolute atomic E-state index is 6.40. The topological polar surface area (TPSA) is 12.0 Å². The second-order valence-corrected chi connectivity index (χ2v) is 7.94. The predicted molar refractivity (Wildman–Crippen MR) is 91.3 cm³/mol. The summed E-state index contributed by atoms with van der Waals surface area (Å²) >= 11 is 15.2. The molecule has 1 N–H and O–H groups in total. The van der Waals surface area contributed by atoms with Crippen LogP contribution in [0.4, 0.5) is 0 Å². The minimum atomic E-state index is 0.237. The molecule has 0 aliphatic carbocycles. The van der Waals surface area contributed by atoms with Crippen LogP contribution in [0, 0.1) is 0 Å². The first kappa shape index (κ1) is 15.5. The average Bonchev–Trinajstić information content (AvgIpc) is 2.78. The molecule has 1 aromatic carbocycles. The first-order chi connectivity index (χ1) is 9.11. The molecule has 102 valence electrons. The highest BCUT2D eigenvalue weighted by Gasteiger charge is 2.16. The maximum Gasteiger partial charge on any atom is 0.0701 e. The number of nitrogens with one attached hydrogen (secondary N) is 1. The van der Waals surface area contributed by atoms with E-state index in [-0.39, 0.29) is 6.04 Å². The molecular weight excluding hydrogens is 409 g/mol. The molecule has 1 aromatic heterocycles. The normalized spacial score (nSPS) is 12.6. The molecule has 0 aliphatic rings. The molecule has 1 unspecified atom stereocenters. The standard InChI is InChI=1S/C14H14Br2ClNS/c1-2-18-12(8-9-6-7-13(16)19-9)10-4-3-5-11(15)14(10)17/h3-7,12,18H,2,8H2,1H3. The van der Waals surface area contributed by atoms with Crippen LogP contribution in [0.5, 0.6) is 0 Å². The van der Waals surface area contributed by atoms with E-state index >= 15 is 0 Å². The molecule has 1 heterocycles. The highest BCUT2D eigenvalue weighted by Crippen LogP contribution is 2.33. The summed E-state index contributed by atoms with van der Waals surface area (Å²) in [5.74, 6) is 0. The number of benzene rings is 1. The Morgan fingerprint density at radius 1 is 1.26 bits per heavy atom. The molecular formula is C14H14Br2ClNS. The van der Waals surface area contributed by atoms with Gasteiger partial charge in [0.2, 0.25) is 0 Å². The third-order valence-electron chi connectivity index (χ3n) is 2.84. The highest BCUT2D eigenvalue weighted by atomic mass is 79.9. The Kier molecular flexibility index (Phi) is 5.90. The fraction of sp³-hybridized carbons (Fsp3) is 0.286. The van der Waals surface area contributed by atoms with Gasteiger partial charge in [-0.05, 0) is 62.2 Å². The lowest BCUT2D eigenvalue weighted by atomic mass is 10.0. The van der Waals surface area contributed by atoms with Gasteiger partial charge < -0.3 is 5.32 Å². The summed E-state index contributed by atoms with van der Waals surface area (Å²) in [5.41, 5.74) is 1.14. The Morgan fingerprint density at radius 3 is 2.68 bits per heavy atom. The number of likely N-dealkylation sites (N-methyl/N-ethyl adjacent to an activating group) is 1. The van der Waals surface area contributed by atoms with Crippen molar-refractivity contribution in [1.29, 1.82) is 0 Å². The Morgan fingerprint density at radius 2 is 2.05 bits per heavy atom. The van der Waals surface area contributed by atoms with Crippen molar-refractivity contribution in [3.05, 3.63) is 54.1 Å². The van der Waals surface area contributed by atoms with Gasteiger partial charge >= 0.3 is 0 Å². The van der Waals surface area contributed by atoms with Crippen molar-refractivity contribution in [3.63, 3.8) is 0 Å². The number of rotatable bonds is 5. The summed E-state index contributed by atoms with van der Waals surface area (Å²) in [6.07, 6.45) is 0.945. The SMILES string of the molecule is CCNC(Cc1ccc(Br)s1)c1cccc(Br)c1Cl. The zero-order valence-corrected chi connectivity index (χ0v) is 15.2. The van der Waals surface area contributed by atoms with Crippen LogP contribution < -0.4 is 5.32 Å². The number of hydrogen-bond acceptors (Lipinski definition) is 2. The number of halogens is 3. The lowest BCUT2D eigenvalue weighted by Crippen LogP contribution is -2.23. The second-order valence-electron chi connectivity index (χ2n) is 4.16. The Labute approximate surface area is 139 Å². The summed E-state index contributed by atoms with van der Waals surface area (Å²) in [5, 5.41) is 4.31. The minimum absolute atomic E-state index is 0.237. The summed E-state index contributed by atoms with van der Waals surface area (Å²) in [7, 11) is 0. The smallest absolute Gasteiger partial charge is 0.0701 e. The molecule has 2 aromatic rings. The molecule has 0 amide bonds. The van der Waals surface area contributed by atoms with Crippen molar-refractivity contribution in [2.24, 2.45) is 0 Å². The zero-order valence-electron chi connectivity index (χ0n) is 10.4. The van der Waals surface area contributed by atoms with Gasteiger partial charge in [0.05, 0.1) is 8.81 Å². The Bertz CT molecular complexity index is 556. The quantitative estimate of drug-likeness (QED) is 0.639. The van der Waals surface area contributed by atoms with Crippen molar-refractivity contribution in [1.82, 2.24) is 5.32 Å². The van der Waals surface area contributed by atoms with Crippen molar-refractivity contribution in [3.8, 4) is 0 Å². The van der Waals surface area contributed by atoms with Crippen LogP contribution in [0.3, 0.4) is 0 Å². The van der Waals surface area contributed by atoms with Gasteiger partial charge in [-0.25, -0.2) is 0 Å². The lowest BCUT2D eigenvalue weighted by Gasteiger charge is -2.19. The highest BCUT2D eigenvalue weighted by molar-refractivity contribution is 9.11. The van der Waals surface area contributed by atoms with E-state index in [1.165, 1.54) is 4.88 Å². The van der Waals surface area contributed by atoms with Gasteiger partial charge in [-0.3, -0.25) is 0 Å². The van der Waals surface area contributed by atoms with E-state index in [0.29, 0.717) is 0 Å². The summed E-state index contributed by atoms with van der Waals surface area (Å²) in [6.45, 7) is 3.03. The molecule has 2 rings (SSSR count). The van der Waals surface area contributed by atoms with Crippen LogP contribution in [0.2, 0.25) is 5.02 Å². The summed E-state index contributed by atoms with van der Waals surface area (Å²) in [4.78, 5) is 1.34. The molecule has 0 saturated heterocycles. The fourth-order valence-corrected chi connectivity index (χ4v) is 4.16. The molecule has 1 nitrogen and oxygen atoms in total. The molecule has 0 radical (unpaired) electrons. The second kappa shape index (κ2) is 7.23. The van der Waals surface area contributed by atoms with Crippen LogP contribution >= 0.6 is 54.8 Å². The van der Waals surface area contributed by atoms with E-state index in [9.17, 15) is 0 Å². The Balaban J connectivity index is 2.26. The molecule has 5 heteroatoms. The van der Waals surface area contributed by atoms with Crippen LogP contribution in [0.1, 0.15) is 23.4 Å². The van der Waals surface area contributed by atoms with Crippen LogP contribution in [0.15, 0.2) is 38.6 Å². The van der Waals surface area contributed by atoms with Gasteiger partial charge in [0.25, 0.3) is 0 Å². The average molecular weight is 424 g/mol. The van der Waals surface area contributed by atoms with Crippen LogP contribution in [-0.4, -0.2) is 6.54 Å². The fourth-order valence-electron chi connectivity index (χ4n) is 1.99. The van der Waals surface area contributed by atoms with E-state index in [0.717, 1.165) is 31.8 Å². The van der Waals surface area contributed by atoms with Crippen molar-refractivity contribution in [2.45, 2.75) is 19.4 Å². The molecule has 0 fully saturated rings. The molecule has 0 bridgehead atoms. The number of hydrogen-bond donors (Lipinski definition) is 1. The third-order valence-corrected chi connectivity index (χ3v) is 5.80. The third kappa shape index (κ3) is 4.05. The summed E-state index contributed by atoms with van der Waals surface area (Å²) in [6, 6.07) is 10.6. The van der Waals surface area contributed by atoms with Gasteiger partial charge in [-0.1, -0.05) is 30.7 Å². The molecule has 0 saturated carbocycles. The van der Waals surface area contributed by atoms with Gasteiger partial charge in [-0.2, -0.15) is 0 Å². The maximum atomic E-state index is 6.40. The van der Waals surface area contributed by atoms with E-state index < -0.39 is 0 Å². The summed E-state index contributed by atoms with van der Waals surface area (Å²) < 4.78 is 2.11. The number of thiophene rings is 1. The molecule has 1 atom stereocenters. The molecule has 0 spiro atoms. The van der Waals surface area contributed by atoms with E-state index in [1.54, 1.807) is 11.3 Å². The van der Waals surface area contributed by atoms with Crippen molar-refractivity contribution < 1.29 is 0 Å². The monoisotopic (exact) mass is 421 g/mol. The van der Waals surface area contributed by atoms with Crippen molar-refractivity contribution in [2.75, 3.05) is 6.54 Å². The van der Waals surface area contributed by atoms with E-state index in [1.807, 2.05) is 12.1 Å². The van der Waals surface area contributed by atoms with E-state index in [2.05, 4.69) is 62.3 Å². The van der Waals surface area contributed by atoms with Gasteiger partial charge in [0.15, 0.2) is 0 Å². The first-order valence-electron chi connectivity index (χ1n) is 6.03. The molecule has 19 heavy (non-hydrogen) atoms. The van der Waals surface area contributed by atoms with Gasteiger partial charge in [0, 0.05) is 21.8 Å². The largest absolute Gasteiger partial charge is 0.310 e. The van der Waals surface area contributed by atoms with Gasteiger partial charge in [0.1, 0.15) is 0 Å². The lowest BCUT2D eigenvalue weighted by molar-refractivity contribution is 0.553. The van der Waals surface area contributed by atoms with Crippen LogP contribution in [-0.2, 0) is 6.42 Å². The van der Waals surface area contributed by atoms with Crippen LogP contribution in [0.25, 0.3) is 0 Å². The van der Waals surface area contributed by atoms with Gasteiger partial charge in [-0.15, -0.1) is 11.3 Å². The van der Waals surface area contributed by atoms with Crippen molar-refractivity contribution >= 4 is 54.8 Å². The van der Waals surface area contributed by atoms with E-state index in [4.69, 9.17) is 11.6 Å². The minimum Gasteiger partial charge on any atom is -0.310 e. The predicted octanol–water partition coefficient (Wildman–Crippen LogP) is 5.82.